The summed E-state index contributed by atoms with van der Waals surface area (Å²) in [5.41, 5.74) is 2.07. The molecule has 8 heteroatoms. The molecule has 0 radical (unpaired) electrons. The number of carbonyl (C=O) groups is 1. The summed E-state index contributed by atoms with van der Waals surface area (Å²) in [6.07, 6.45) is 3.07. The molecule has 108 valence electrons. The predicted molar refractivity (Wildman–Crippen MR) is 87.1 cm³/mol. The Balaban J connectivity index is 2.05. The number of halogens is 1. The molecule has 0 saturated heterocycles. The lowest BCUT2D eigenvalue weighted by Gasteiger charge is -2.09. The Labute approximate surface area is 135 Å². The van der Waals surface area contributed by atoms with Crippen LogP contribution in [0.4, 0.5) is 5.95 Å². The monoisotopic (exact) mass is 365 g/mol. The molecule has 21 heavy (non-hydrogen) atoms. The summed E-state index contributed by atoms with van der Waals surface area (Å²) in [6, 6.07) is 3.44. The van der Waals surface area contributed by atoms with Crippen molar-refractivity contribution >= 4 is 45.1 Å². The standard InChI is InChI=1S/C13H12BrN5OS/c1-7-5-8(2)17-12(16-7)19-13(21)18-11(20)9-3-4-15-6-10(9)14/h3-6H,1-2H3,(H2,16,17,18,19,20,21). The van der Waals surface area contributed by atoms with E-state index in [0.29, 0.717) is 16.0 Å². The quantitative estimate of drug-likeness (QED) is 0.795. The highest BCUT2D eigenvalue weighted by Gasteiger charge is 2.12. The predicted octanol–water partition coefficient (Wildman–Crippen LogP) is 2.38. The van der Waals surface area contributed by atoms with E-state index in [1.165, 1.54) is 6.20 Å². The van der Waals surface area contributed by atoms with Gasteiger partial charge >= 0.3 is 0 Å². The zero-order chi connectivity index (χ0) is 15.4. The fraction of sp³-hybridized carbons (Fsp3) is 0.154. The van der Waals surface area contributed by atoms with Gasteiger partial charge in [0.2, 0.25) is 5.95 Å². The number of aromatic nitrogens is 3. The maximum atomic E-state index is 12.1. The highest BCUT2D eigenvalue weighted by atomic mass is 79.9. The Hall–Kier alpha value is -1.93. The molecule has 0 aliphatic rings. The highest BCUT2D eigenvalue weighted by molar-refractivity contribution is 9.10. The first kappa shape index (κ1) is 15.5. The van der Waals surface area contributed by atoms with Gasteiger partial charge in [0.25, 0.3) is 5.91 Å². The third kappa shape index (κ3) is 4.27. The maximum absolute atomic E-state index is 12.1. The Bertz CT molecular complexity index is 686. The van der Waals surface area contributed by atoms with E-state index in [4.69, 9.17) is 12.2 Å². The zero-order valence-corrected chi connectivity index (χ0v) is 13.7. The number of amides is 1. The molecule has 1 amide bonds. The molecular weight excluding hydrogens is 354 g/mol. The van der Waals surface area contributed by atoms with Crippen molar-refractivity contribution in [3.8, 4) is 0 Å². The van der Waals surface area contributed by atoms with Gasteiger partial charge < -0.3 is 5.32 Å². The topological polar surface area (TPSA) is 79.8 Å². The van der Waals surface area contributed by atoms with Crippen LogP contribution in [-0.2, 0) is 0 Å². The minimum absolute atomic E-state index is 0.133. The van der Waals surface area contributed by atoms with E-state index < -0.39 is 0 Å². The van der Waals surface area contributed by atoms with Crippen LogP contribution in [0.1, 0.15) is 21.7 Å². The SMILES string of the molecule is Cc1cc(C)nc(NC(=S)NC(=O)c2ccncc2Br)n1. The van der Waals surface area contributed by atoms with E-state index in [1.54, 1.807) is 12.3 Å². The molecule has 0 spiro atoms. The number of pyridine rings is 1. The van der Waals surface area contributed by atoms with Gasteiger partial charge in [-0.15, -0.1) is 0 Å². The Morgan fingerprint density at radius 3 is 2.57 bits per heavy atom. The molecule has 0 aliphatic heterocycles. The zero-order valence-electron chi connectivity index (χ0n) is 11.3. The molecule has 0 bridgehead atoms. The van der Waals surface area contributed by atoms with Crippen molar-refractivity contribution in [2.45, 2.75) is 13.8 Å². The molecule has 0 saturated carbocycles. The lowest BCUT2D eigenvalue weighted by Crippen LogP contribution is -2.34. The summed E-state index contributed by atoms with van der Waals surface area (Å²) in [5.74, 6) is 0.0118. The summed E-state index contributed by atoms with van der Waals surface area (Å²) in [5, 5.41) is 5.49. The molecule has 2 heterocycles. The third-order valence-electron chi connectivity index (χ3n) is 2.45. The van der Waals surface area contributed by atoms with Gasteiger partial charge in [0.15, 0.2) is 5.11 Å². The average molecular weight is 366 g/mol. The number of nitrogens with zero attached hydrogens (tertiary/aromatic N) is 3. The van der Waals surface area contributed by atoms with E-state index >= 15 is 0 Å². The van der Waals surface area contributed by atoms with Gasteiger partial charge in [-0.1, -0.05) is 0 Å². The normalized spacial score (nSPS) is 10.0. The summed E-state index contributed by atoms with van der Waals surface area (Å²) in [7, 11) is 0. The first-order chi connectivity index (χ1) is 9.95. The molecule has 2 N–H and O–H groups in total. The highest BCUT2D eigenvalue weighted by Crippen LogP contribution is 2.14. The number of carbonyl (C=O) groups excluding carboxylic acids is 1. The molecule has 6 nitrogen and oxygen atoms in total. The van der Waals surface area contributed by atoms with Crippen molar-refractivity contribution in [3.05, 3.63) is 46.0 Å². The number of hydrogen-bond acceptors (Lipinski definition) is 5. The van der Waals surface area contributed by atoms with Gasteiger partial charge in [-0.3, -0.25) is 15.1 Å². The molecular formula is C13H12BrN5OS. The van der Waals surface area contributed by atoms with Crippen molar-refractivity contribution < 1.29 is 4.79 Å². The van der Waals surface area contributed by atoms with Crippen LogP contribution < -0.4 is 10.6 Å². The number of anilines is 1. The van der Waals surface area contributed by atoms with E-state index in [0.717, 1.165) is 11.4 Å². The Morgan fingerprint density at radius 2 is 1.95 bits per heavy atom. The van der Waals surface area contributed by atoms with Crippen LogP contribution in [0.3, 0.4) is 0 Å². The minimum Gasteiger partial charge on any atom is -0.301 e. The molecule has 2 aromatic heterocycles. The van der Waals surface area contributed by atoms with Crippen LogP contribution in [0.25, 0.3) is 0 Å². The number of thiocarbonyl (C=S) groups is 1. The smallest absolute Gasteiger partial charge is 0.258 e. The van der Waals surface area contributed by atoms with Crippen molar-refractivity contribution in [2.75, 3.05) is 5.32 Å². The van der Waals surface area contributed by atoms with Crippen molar-refractivity contribution in [3.63, 3.8) is 0 Å². The van der Waals surface area contributed by atoms with E-state index in [9.17, 15) is 4.79 Å². The summed E-state index contributed by atoms with van der Waals surface area (Å²) in [4.78, 5) is 24.3. The average Bonchev–Trinajstić information content (AvgIpc) is 2.37. The summed E-state index contributed by atoms with van der Waals surface area (Å²) < 4.78 is 0.591. The number of aryl methyl sites for hydroxylation is 2. The van der Waals surface area contributed by atoms with Gasteiger partial charge in [0.1, 0.15) is 0 Å². The Kier molecular flexibility index (Phi) is 4.92. The second-order valence-corrected chi connectivity index (χ2v) is 5.50. The van der Waals surface area contributed by atoms with Crippen LogP contribution in [0.15, 0.2) is 29.0 Å². The van der Waals surface area contributed by atoms with Crippen LogP contribution in [0.5, 0.6) is 0 Å². The minimum atomic E-state index is -0.342. The molecule has 0 aliphatic carbocycles. The lowest BCUT2D eigenvalue weighted by atomic mass is 10.2. The van der Waals surface area contributed by atoms with Gasteiger partial charge in [-0.2, -0.15) is 0 Å². The van der Waals surface area contributed by atoms with Gasteiger partial charge in [0.05, 0.1) is 5.56 Å². The van der Waals surface area contributed by atoms with Gasteiger partial charge in [-0.25, -0.2) is 9.97 Å². The van der Waals surface area contributed by atoms with Crippen LogP contribution >= 0.6 is 28.1 Å². The number of nitrogens with one attached hydrogen (secondary N) is 2. The number of hydrogen-bond donors (Lipinski definition) is 2. The first-order valence-corrected chi connectivity index (χ1v) is 7.20. The second kappa shape index (κ2) is 6.68. The van der Waals surface area contributed by atoms with Crippen LogP contribution in [-0.4, -0.2) is 26.0 Å². The van der Waals surface area contributed by atoms with Crippen LogP contribution in [0, 0.1) is 13.8 Å². The van der Waals surface area contributed by atoms with Crippen molar-refractivity contribution in [1.29, 1.82) is 0 Å². The lowest BCUT2D eigenvalue weighted by molar-refractivity contribution is 0.0977. The van der Waals surface area contributed by atoms with Gasteiger partial charge in [-0.05, 0) is 54.1 Å². The van der Waals surface area contributed by atoms with Gasteiger partial charge in [0, 0.05) is 28.3 Å². The molecule has 2 aromatic rings. The first-order valence-electron chi connectivity index (χ1n) is 6.00. The van der Waals surface area contributed by atoms with Crippen molar-refractivity contribution in [1.82, 2.24) is 20.3 Å². The van der Waals surface area contributed by atoms with E-state index in [-0.39, 0.29) is 11.0 Å². The maximum Gasteiger partial charge on any atom is 0.258 e. The molecule has 2 rings (SSSR count). The fourth-order valence-electron chi connectivity index (χ4n) is 1.64. The molecule has 0 atom stereocenters. The summed E-state index contributed by atoms with van der Waals surface area (Å²) in [6.45, 7) is 3.71. The third-order valence-corrected chi connectivity index (χ3v) is 3.29. The van der Waals surface area contributed by atoms with E-state index in [1.807, 2.05) is 19.9 Å². The fourth-order valence-corrected chi connectivity index (χ4v) is 2.26. The molecule has 0 fully saturated rings. The summed E-state index contributed by atoms with van der Waals surface area (Å²) >= 11 is 8.35. The second-order valence-electron chi connectivity index (χ2n) is 4.24. The molecule has 0 unspecified atom stereocenters. The van der Waals surface area contributed by atoms with Crippen molar-refractivity contribution in [2.24, 2.45) is 0 Å². The van der Waals surface area contributed by atoms with E-state index in [2.05, 4.69) is 41.5 Å². The largest absolute Gasteiger partial charge is 0.301 e. The Morgan fingerprint density at radius 1 is 1.29 bits per heavy atom. The number of rotatable bonds is 2. The molecule has 0 aromatic carbocycles. The van der Waals surface area contributed by atoms with Crippen LogP contribution in [0.2, 0.25) is 0 Å².